The van der Waals surface area contributed by atoms with Crippen molar-refractivity contribution in [2.45, 2.75) is 57.7 Å². The molecule has 3 heterocycles. The van der Waals surface area contributed by atoms with Gasteiger partial charge in [0.2, 0.25) is 11.8 Å². The van der Waals surface area contributed by atoms with E-state index in [0.29, 0.717) is 25.3 Å². The smallest absolute Gasteiger partial charge is 0.410 e. The van der Waals surface area contributed by atoms with Crippen LogP contribution in [0.5, 0.6) is 5.75 Å². The summed E-state index contributed by atoms with van der Waals surface area (Å²) in [7, 11) is 0. The van der Waals surface area contributed by atoms with Crippen LogP contribution < -0.4 is 4.74 Å². The second kappa shape index (κ2) is 9.55. The van der Waals surface area contributed by atoms with Gasteiger partial charge in [0.1, 0.15) is 5.75 Å². The van der Waals surface area contributed by atoms with Crippen LogP contribution in [0.3, 0.4) is 0 Å². The largest absolute Gasteiger partial charge is 0.415 e. The number of fused-ring (bicyclic) bond motifs is 4. The monoisotopic (exact) mass is 511 g/mol. The minimum atomic E-state index is -0.511. The predicted octanol–water partition coefficient (Wildman–Crippen LogP) is 5.39. The van der Waals surface area contributed by atoms with Crippen molar-refractivity contribution in [1.29, 1.82) is 0 Å². The number of ether oxygens (including phenoxy) is 1. The summed E-state index contributed by atoms with van der Waals surface area (Å²) in [5, 5.41) is 5.58. The quantitative estimate of drug-likeness (QED) is 0.439. The van der Waals surface area contributed by atoms with Gasteiger partial charge in [-0.05, 0) is 67.5 Å². The summed E-state index contributed by atoms with van der Waals surface area (Å²) < 4.78 is 5.64. The van der Waals surface area contributed by atoms with Gasteiger partial charge in [0.05, 0.1) is 5.92 Å². The Labute approximate surface area is 222 Å². The molecule has 38 heavy (non-hydrogen) atoms. The average molecular weight is 512 g/mol. The molecule has 7 nitrogen and oxygen atoms in total. The number of nitrogens with zero attached hydrogens (tertiary/aromatic N) is 3. The van der Waals surface area contributed by atoms with Gasteiger partial charge in [0, 0.05) is 31.1 Å². The Kier molecular flexibility index (Phi) is 6.19. The van der Waals surface area contributed by atoms with Crippen molar-refractivity contribution < 1.29 is 19.1 Å². The van der Waals surface area contributed by atoms with E-state index in [1.807, 2.05) is 55.3 Å². The summed E-state index contributed by atoms with van der Waals surface area (Å²) in [6, 6.07) is 23.1. The maximum atomic E-state index is 14.2. The van der Waals surface area contributed by atoms with E-state index < -0.39 is 17.6 Å². The molecule has 0 N–H and O–H groups in total. The lowest BCUT2D eigenvalue weighted by molar-refractivity contribution is -0.169. The number of carbonyl (C=O) groups is 3. The molecule has 3 amide bonds. The van der Waals surface area contributed by atoms with Crippen LogP contribution in [0.1, 0.15) is 45.1 Å². The fourth-order valence-electron chi connectivity index (χ4n) is 6.53. The zero-order valence-electron chi connectivity index (χ0n) is 21.9. The van der Waals surface area contributed by atoms with Gasteiger partial charge in [-0.1, -0.05) is 60.7 Å². The number of piperidine rings is 2. The van der Waals surface area contributed by atoms with Gasteiger partial charge in [0.15, 0.2) is 0 Å². The second-order valence-electron chi connectivity index (χ2n) is 11.4. The minimum absolute atomic E-state index is 0.180. The van der Waals surface area contributed by atoms with Crippen molar-refractivity contribution in [3.05, 3.63) is 78.4 Å². The van der Waals surface area contributed by atoms with E-state index in [1.165, 1.54) is 5.01 Å². The lowest BCUT2D eigenvalue weighted by atomic mass is 9.72. The molecule has 0 aromatic heterocycles. The van der Waals surface area contributed by atoms with E-state index >= 15 is 0 Å². The highest BCUT2D eigenvalue weighted by molar-refractivity contribution is 5.98. The summed E-state index contributed by atoms with van der Waals surface area (Å²) in [5.41, 5.74) is 0.561. The number of rotatable bonds is 4. The Hall–Kier alpha value is -3.71. The predicted molar refractivity (Wildman–Crippen MR) is 144 cm³/mol. The Morgan fingerprint density at radius 1 is 0.947 bits per heavy atom. The van der Waals surface area contributed by atoms with E-state index in [4.69, 9.17) is 4.74 Å². The van der Waals surface area contributed by atoms with Gasteiger partial charge in [-0.25, -0.2) is 14.8 Å². The fraction of sp³-hybridized carbons (Fsp3) is 0.387. The van der Waals surface area contributed by atoms with E-state index in [-0.39, 0.29) is 30.2 Å². The molecule has 196 valence electrons. The highest BCUT2D eigenvalue weighted by Gasteiger charge is 2.53. The lowest BCUT2D eigenvalue weighted by Gasteiger charge is -2.49. The van der Waals surface area contributed by atoms with Crippen LogP contribution in [0, 0.1) is 11.8 Å². The van der Waals surface area contributed by atoms with E-state index in [1.54, 1.807) is 17.0 Å². The van der Waals surface area contributed by atoms with Crippen LogP contribution >= 0.6 is 0 Å². The standard InChI is InChI=1S/C31H33N3O4/c1-31(2)18-28(35)34(33(31)20-23-11-8-10-22-9-6-7-14-25(22)23)29(36)26-17-21-15-16-27(26)32(19-21)30(37)38-24-12-4-3-5-13-24/h3-14,21,26-27H,15-20H2,1-2H3/t21?,26-,27?/m0/s1. The molecular formula is C31H33N3O4. The molecular weight excluding hydrogens is 478 g/mol. The molecule has 7 rings (SSSR count). The Balaban J connectivity index is 1.27. The number of hydrogen-bond acceptors (Lipinski definition) is 5. The molecule has 3 aromatic carbocycles. The Bertz CT molecular complexity index is 1380. The molecule has 1 saturated carbocycles. The molecule has 0 spiro atoms. The van der Waals surface area contributed by atoms with Crippen molar-refractivity contribution in [1.82, 2.24) is 14.9 Å². The van der Waals surface area contributed by atoms with Gasteiger partial charge in [0.25, 0.3) is 0 Å². The summed E-state index contributed by atoms with van der Waals surface area (Å²) in [6.07, 6.45) is 2.24. The molecule has 1 aliphatic carbocycles. The molecule has 3 aromatic rings. The van der Waals surface area contributed by atoms with Crippen molar-refractivity contribution in [2.24, 2.45) is 11.8 Å². The molecule has 2 bridgehead atoms. The summed E-state index contributed by atoms with van der Waals surface area (Å²) in [5.74, 6) is -0.111. The third-order valence-corrected chi connectivity index (χ3v) is 8.45. The molecule has 0 radical (unpaired) electrons. The minimum Gasteiger partial charge on any atom is -0.410 e. The van der Waals surface area contributed by atoms with E-state index in [9.17, 15) is 14.4 Å². The summed E-state index contributed by atoms with van der Waals surface area (Å²) in [6.45, 7) is 5.06. The summed E-state index contributed by atoms with van der Waals surface area (Å²) in [4.78, 5) is 42.4. The van der Waals surface area contributed by atoms with Crippen molar-refractivity contribution in [2.75, 3.05) is 6.54 Å². The molecule has 2 unspecified atom stereocenters. The van der Waals surface area contributed by atoms with Crippen LogP contribution in [-0.4, -0.2) is 51.0 Å². The Morgan fingerprint density at radius 3 is 2.47 bits per heavy atom. The zero-order valence-corrected chi connectivity index (χ0v) is 21.9. The molecule has 3 aliphatic heterocycles. The van der Waals surface area contributed by atoms with Crippen molar-refractivity contribution >= 4 is 28.7 Å². The third-order valence-electron chi connectivity index (χ3n) is 8.45. The maximum Gasteiger partial charge on any atom is 0.415 e. The van der Waals surface area contributed by atoms with E-state index in [2.05, 4.69) is 24.3 Å². The third kappa shape index (κ3) is 4.35. The first-order valence-electron chi connectivity index (χ1n) is 13.5. The topological polar surface area (TPSA) is 70.2 Å². The van der Waals surface area contributed by atoms with Crippen LogP contribution in [0.25, 0.3) is 10.8 Å². The highest BCUT2D eigenvalue weighted by Crippen LogP contribution is 2.42. The number of imide groups is 1. The SMILES string of the molecule is CC1(C)CC(=O)N(C(=O)[C@H]2CC3CCC2N(C(=O)Oc2ccccc2)C3)N1Cc1cccc2ccccc12. The van der Waals surface area contributed by atoms with Gasteiger partial charge < -0.3 is 9.64 Å². The van der Waals surface area contributed by atoms with Gasteiger partial charge >= 0.3 is 6.09 Å². The molecule has 7 heteroatoms. The normalized spacial score (nSPS) is 24.7. The molecule has 4 fully saturated rings. The van der Waals surface area contributed by atoms with Crippen molar-refractivity contribution in [3.8, 4) is 5.75 Å². The second-order valence-corrected chi connectivity index (χ2v) is 11.4. The fourth-order valence-corrected chi connectivity index (χ4v) is 6.53. The Morgan fingerprint density at radius 2 is 1.68 bits per heavy atom. The highest BCUT2D eigenvalue weighted by atomic mass is 16.6. The number of para-hydroxylation sites is 1. The number of benzene rings is 3. The number of amides is 3. The first-order chi connectivity index (χ1) is 18.3. The first kappa shape index (κ1) is 24.6. The van der Waals surface area contributed by atoms with Crippen LogP contribution in [0.4, 0.5) is 4.79 Å². The zero-order chi connectivity index (χ0) is 26.4. The van der Waals surface area contributed by atoms with Crippen LogP contribution in [-0.2, 0) is 16.1 Å². The molecule has 3 saturated heterocycles. The van der Waals surface area contributed by atoms with E-state index in [0.717, 1.165) is 29.2 Å². The van der Waals surface area contributed by atoms with Crippen LogP contribution in [0.2, 0.25) is 0 Å². The molecule has 4 aliphatic rings. The number of carbonyl (C=O) groups excluding carboxylic acids is 3. The van der Waals surface area contributed by atoms with Gasteiger partial charge in [-0.3, -0.25) is 9.59 Å². The molecule has 3 atom stereocenters. The lowest BCUT2D eigenvalue weighted by Crippen LogP contribution is -2.61. The van der Waals surface area contributed by atoms with Crippen LogP contribution in [0.15, 0.2) is 72.8 Å². The van der Waals surface area contributed by atoms with Gasteiger partial charge in [-0.15, -0.1) is 0 Å². The number of hydrazine groups is 1. The number of hydrogen-bond donors (Lipinski definition) is 0. The average Bonchev–Trinajstić information content (AvgIpc) is 3.16. The van der Waals surface area contributed by atoms with Gasteiger partial charge in [-0.2, -0.15) is 0 Å². The van der Waals surface area contributed by atoms with Crippen molar-refractivity contribution in [3.63, 3.8) is 0 Å². The maximum absolute atomic E-state index is 14.2. The first-order valence-corrected chi connectivity index (χ1v) is 13.5. The summed E-state index contributed by atoms with van der Waals surface area (Å²) >= 11 is 0.